The van der Waals surface area contributed by atoms with Crippen LogP contribution in [-0.2, 0) is 12.8 Å². The van der Waals surface area contributed by atoms with E-state index in [1.807, 2.05) is 18.2 Å². The molecule has 0 aliphatic carbocycles. The Labute approximate surface area is 151 Å². The standard InChI is InChI=1S/C21H30N2O2/c1-23(14-5-4-6-17-7-10-19(22)11-8-17)15-13-18-9-12-20(24-2)21(16-18)25-3/h7-12,16H,4-6,13-15,22H2,1-3H3. The van der Waals surface area contributed by atoms with Crippen LogP contribution in [0.2, 0.25) is 0 Å². The molecule has 4 nitrogen and oxygen atoms in total. The Hall–Kier alpha value is -2.20. The molecule has 0 aliphatic rings. The van der Waals surface area contributed by atoms with E-state index in [0.29, 0.717) is 0 Å². The second-order valence-electron chi connectivity index (χ2n) is 6.44. The van der Waals surface area contributed by atoms with Crippen molar-refractivity contribution in [2.75, 3.05) is 40.1 Å². The molecule has 2 N–H and O–H groups in total. The number of methoxy groups -OCH3 is 2. The second kappa shape index (κ2) is 9.94. The molecular weight excluding hydrogens is 312 g/mol. The molecule has 0 unspecified atom stereocenters. The van der Waals surface area contributed by atoms with Crippen LogP contribution >= 0.6 is 0 Å². The molecule has 0 saturated heterocycles. The summed E-state index contributed by atoms with van der Waals surface area (Å²) in [6, 6.07) is 14.3. The molecule has 0 amide bonds. The topological polar surface area (TPSA) is 47.7 Å². The smallest absolute Gasteiger partial charge is 0.160 e. The Morgan fingerprint density at radius 1 is 0.800 bits per heavy atom. The lowest BCUT2D eigenvalue weighted by Crippen LogP contribution is -2.22. The Kier molecular flexibility index (Phi) is 7.61. The Bertz CT molecular complexity index is 641. The van der Waals surface area contributed by atoms with Gasteiger partial charge in [-0.1, -0.05) is 18.2 Å². The van der Waals surface area contributed by atoms with Crippen molar-refractivity contribution in [1.82, 2.24) is 4.90 Å². The number of hydrogen-bond donors (Lipinski definition) is 1. The van der Waals surface area contributed by atoms with E-state index in [4.69, 9.17) is 15.2 Å². The van der Waals surface area contributed by atoms with Crippen LogP contribution in [0.25, 0.3) is 0 Å². The van der Waals surface area contributed by atoms with Crippen LogP contribution in [0.15, 0.2) is 42.5 Å². The first-order valence-electron chi connectivity index (χ1n) is 8.86. The van der Waals surface area contributed by atoms with Gasteiger partial charge in [0.2, 0.25) is 0 Å². The summed E-state index contributed by atoms with van der Waals surface area (Å²) in [6.07, 6.45) is 4.52. The summed E-state index contributed by atoms with van der Waals surface area (Å²) in [4.78, 5) is 2.39. The minimum Gasteiger partial charge on any atom is -0.493 e. The van der Waals surface area contributed by atoms with Gasteiger partial charge in [-0.05, 0) is 74.7 Å². The Morgan fingerprint density at radius 2 is 1.48 bits per heavy atom. The molecule has 0 bridgehead atoms. The fourth-order valence-electron chi connectivity index (χ4n) is 2.86. The normalized spacial score (nSPS) is 10.9. The maximum atomic E-state index is 5.72. The van der Waals surface area contributed by atoms with E-state index in [0.717, 1.165) is 43.1 Å². The summed E-state index contributed by atoms with van der Waals surface area (Å²) in [5.41, 5.74) is 9.18. The maximum Gasteiger partial charge on any atom is 0.160 e. The largest absolute Gasteiger partial charge is 0.493 e. The average molecular weight is 342 g/mol. The van der Waals surface area contributed by atoms with Crippen molar-refractivity contribution >= 4 is 5.69 Å². The molecule has 25 heavy (non-hydrogen) atoms. The van der Waals surface area contributed by atoms with Crippen molar-refractivity contribution in [3.63, 3.8) is 0 Å². The minimum absolute atomic E-state index is 0.780. The van der Waals surface area contributed by atoms with E-state index in [-0.39, 0.29) is 0 Å². The number of aryl methyl sites for hydroxylation is 1. The molecule has 0 aliphatic heterocycles. The molecule has 0 aromatic heterocycles. The van der Waals surface area contributed by atoms with Gasteiger partial charge in [0, 0.05) is 12.2 Å². The molecule has 2 aromatic rings. The van der Waals surface area contributed by atoms with Crippen molar-refractivity contribution < 1.29 is 9.47 Å². The van der Waals surface area contributed by atoms with Crippen LogP contribution in [0.3, 0.4) is 0 Å². The summed E-state index contributed by atoms with van der Waals surface area (Å²) < 4.78 is 10.6. The lowest BCUT2D eigenvalue weighted by Gasteiger charge is -2.17. The quantitative estimate of drug-likeness (QED) is 0.527. The van der Waals surface area contributed by atoms with Gasteiger partial charge in [0.1, 0.15) is 0 Å². The van der Waals surface area contributed by atoms with Crippen molar-refractivity contribution in [1.29, 1.82) is 0 Å². The molecular formula is C21H30N2O2. The summed E-state index contributed by atoms with van der Waals surface area (Å²) in [5, 5.41) is 0. The van der Waals surface area contributed by atoms with Gasteiger partial charge >= 0.3 is 0 Å². The highest BCUT2D eigenvalue weighted by molar-refractivity contribution is 5.43. The molecule has 0 fully saturated rings. The Morgan fingerprint density at radius 3 is 2.16 bits per heavy atom. The summed E-state index contributed by atoms with van der Waals surface area (Å²) in [5.74, 6) is 1.58. The maximum absolute atomic E-state index is 5.72. The van der Waals surface area contributed by atoms with E-state index >= 15 is 0 Å². The van der Waals surface area contributed by atoms with Crippen LogP contribution < -0.4 is 15.2 Å². The zero-order valence-corrected chi connectivity index (χ0v) is 15.6. The first kappa shape index (κ1) is 19.1. The van der Waals surface area contributed by atoms with Gasteiger partial charge in [-0.25, -0.2) is 0 Å². The molecule has 0 heterocycles. The van der Waals surface area contributed by atoms with E-state index in [9.17, 15) is 0 Å². The number of rotatable bonds is 10. The van der Waals surface area contributed by atoms with E-state index in [2.05, 4.69) is 36.2 Å². The van der Waals surface area contributed by atoms with Crippen LogP contribution in [0.5, 0.6) is 11.5 Å². The molecule has 0 saturated carbocycles. The number of anilines is 1. The van der Waals surface area contributed by atoms with E-state index < -0.39 is 0 Å². The highest BCUT2D eigenvalue weighted by Gasteiger charge is 2.06. The predicted molar refractivity (Wildman–Crippen MR) is 105 cm³/mol. The first-order valence-corrected chi connectivity index (χ1v) is 8.86. The number of benzene rings is 2. The monoisotopic (exact) mass is 342 g/mol. The number of nitrogens with zero attached hydrogens (tertiary/aromatic N) is 1. The lowest BCUT2D eigenvalue weighted by molar-refractivity contribution is 0.329. The molecule has 0 spiro atoms. The molecule has 0 radical (unpaired) electrons. The molecule has 4 heteroatoms. The molecule has 0 atom stereocenters. The van der Waals surface area contributed by atoms with Crippen LogP contribution in [0.4, 0.5) is 5.69 Å². The van der Waals surface area contributed by atoms with Gasteiger partial charge in [0.05, 0.1) is 14.2 Å². The highest BCUT2D eigenvalue weighted by atomic mass is 16.5. The number of ether oxygens (including phenoxy) is 2. The van der Waals surface area contributed by atoms with Gasteiger partial charge < -0.3 is 20.1 Å². The SMILES string of the molecule is COc1ccc(CCN(C)CCCCc2ccc(N)cc2)cc1OC. The molecule has 2 rings (SSSR count). The Balaban J connectivity index is 1.68. The average Bonchev–Trinajstić information content (AvgIpc) is 2.64. The number of unbranched alkanes of at least 4 members (excludes halogenated alkanes) is 1. The molecule has 136 valence electrons. The minimum atomic E-state index is 0.780. The summed E-state index contributed by atoms with van der Waals surface area (Å²) in [6.45, 7) is 2.15. The summed E-state index contributed by atoms with van der Waals surface area (Å²) >= 11 is 0. The predicted octanol–water partition coefficient (Wildman–Crippen LogP) is 3.78. The van der Waals surface area contributed by atoms with Crippen molar-refractivity contribution in [2.24, 2.45) is 0 Å². The second-order valence-corrected chi connectivity index (χ2v) is 6.44. The third-order valence-electron chi connectivity index (χ3n) is 4.47. The van der Waals surface area contributed by atoms with Crippen molar-refractivity contribution in [3.05, 3.63) is 53.6 Å². The third-order valence-corrected chi connectivity index (χ3v) is 4.47. The fraction of sp³-hybridized carbons (Fsp3) is 0.429. The molecule has 2 aromatic carbocycles. The lowest BCUT2D eigenvalue weighted by atomic mass is 10.1. The zero-order chi connectivity index (χ0) is 18.1. The van der Waals surface area contributed by atoms with Gasteiger partial charge in [-0.15, -0.1) is 0 Å². The zero-order valence-electron chi connectivity index (χ0n) is 15.6. The van der Waals surface area contributed by atoms with E-state index in [1.165, 1.54) is 24.0 Å². The van der Waals surface area contributed by atoms with Gasteiger partial charge in [-0.2, -0.15) is 0 Å². The first-order chi connectivity index (χ1) is 12.1. The van der Waals surface area contributed by atoms with Gasteiger partial charge in [0.25, 0.3) is 0 Å². The fourth-order valence-corrected chi connectivity index (χ4v) is 2.86. The van der Waals surface area contributed by atoms with Crippen LogP contribution in [0.1, 0.15) is 24.0 Å². The van der Waals surface area contributed by atoms with Crippen molar-refractivity contribution in [2.45, 2.75) is 25.7 Å². The van der Waals surface area contributed by atoms with Crippen LogP contribution in [0, 0.1) is 0 Å². The third kappa shape index (κ3) is 6.31. The van der Waals surface area contributed by atoms with Gasteiger partial charge in [-0.3, -0.25) is 0 Å². The summed E-state index contributed by atoms with van der Waals surface area (Å²) in [7, 11) is 5.52. The highest BCUT2D eigenvalue weighted by Crippen LogP contribution is 2.27. The van der Waals surface area contributed by atoms with Crippen molar-refractivity contribution in [3.8, 4) is 11.5 Å². The van der Waals surface area contributed by atoms with Crippen LogP contribution in [-0.4, -0.2) is 39.3 Å². The number of nitrogen functional groups attached to an aromatic ring is 1. The van der Waals surface area contributed by atoms with Gasteiger partial charge in [0.15, 0.2) is 11.5 Å². The van der Waals surface area contributed by atoms with E-state index in [1.54, 1.807) is 14.2 Å². The number of nitrogens with two attached hydrogens (primary N) is 1. The number of hydrogen-bond acceptors (Lipinski definition) is 4. The number of likely N-dealkylation sites (N-methyl/N-ethyl adjacent to an activating group) is 1.